The second-order valence-corrected chi connectivity index (χ2v) is 7.78. The van der Waals surface area contributed by atoms with Gasteiger partial charge in [0.2, 0.25) is 0 Å². The molecule has 4 rings (SSSR count). The first-order valence-electron chi connectivity index (χ1n) is 10.2. The van der Waals surface area contributed by atoms with E-state index >= 15 is 0 Å². The van der Waals surface area contributed by atoms with Crippen molar-refractivity contribution in [1.82, 2.24) is 4.90 Å². The number of halogens is 1. The predicted octanol–water partition coefficient (Wildman–Crippen LogP) is 4.59. The van der Waals surface area contributed by atoms with Gasteiger partial charge in [0.25, 0.3) is 11.7 Å². The second kappa shape index (κ2) is 8.30. The zero-order valence-corrected chi connectivity index (χ0v) is 16.8. The minimum Gasteiger partial charge on any atom is -0.507 e. The van der Waals surface area contributed by atoms with Crippen LogP contribution in [0.5, 0.6) is 5.75 Å². The minimum absolute atomic E-state index is 0.0438. The topological polar surface area (TPSA) is 66.8 Å². The van der Waals surface area contributed by atoms with E-state index in [1.807, 2.05) is 0 Å². The number of ketones is 1. The fourth-order valence-corrected chi connectivity index (χ4v) is 4.46. The van der Waals surface area contributed by atoms with Gasteiger partial charge >= 0.3 is 0 Å². The molecular formula is C24H24FNO4. The van der Waals surface area contributed by atoms with E-state index in [9.17, 15) is 19.1 Å². The highest BCUT2D eigenvalue weighted by Gasteiger charge is 2.48. The van der Waals surface area contributed by atoms with Gasteiger partial charge in [-0.3, -0.25) is 9.59 Å². The first kappa shape index (κ1) is 20.1. The van der Waals surface area contributed by atoms with Crippen molar-refractivity contribution in [1.29, 1.82) is 0 Å². The van der Waals surface area contributed by atoms with Gasteiger partial charge in [-0.25, -0.2) is 4.39 Å². The van der Waals surface area contributed by atoms with E-state index in [0.717, 1.165) is 32.1 Å². The molecule has 2 aliphatic rings. The van der Waals surface area contributed by atoms with Crippen LogP contribution in [0.4, 0.5) is 4.39 Å². The maximum absolute atomic E-state index is 13.6. The van der Waals surface area contributed by atoms with Gasteiger partial charge in [-0.1, -0.05) is 31.4 Å². The highest BCUT2D eigenvalue weighted by Crippen LogP contribution is 2.43. The lowest BCUT2D eigenvalue weighted by Gasteiger charge is -2.35. The Hall–Kier alpha value is -3.15. The fraction of sp³-hybridized carbons (Fsp3) is 0.333. The van der Waals surface area contributed by atoms with Crippen LogP contribution in [0.25, 0.3) is 5.76 Å². The van der Waals surface area contributed by atoms with E-state index in [1.165, 1.54) is 12.1 Å². The van der Waals surface area contributed by atoms with Gasteiger partial charge in [-0.15, -0.1) is 0 Å². The first-order chi connectivity index (χ1) is 14.5. The summed E-state index contributed by atoms with van der Waals surface area (Å²) in [4.78, 5) is 27.7. The Balaban J connectivity index is 1.84. The van der Waals surface area contributed by atoms with Gasteiger partial charge in [0.05, 0.1) is 18.7 Å². The van der Waals surface area contributed by atoms with Crippen LogP contribution >= 0.6 is 0 Å². The number of rotatable bonds is 4. The Labute approximate surface area is 174 Å². The maximum atomic E-state index is 13.6. The summed E-state index contributed by atoms with van der Waals surface area (Å²) in [5.74, 6) is -1.33. The molecule has 0 radical (unpaired) electrons. The largest absolute Gasteiger partial charge is 0.507 e. The number of carbonyl (C=O) groups is 2. The van der Waals surface area contributed by atoms with Gasteiger partial charge in [0.1, 0.15) is 17.3 Å². The van der Waals surface area contributed by atoms with Crippen molar-refractivity contribution in [2.24, 2.45) is 0 Å². The first-order valence-corrected chi connectivity index (χ1v) is 10.2. The molecule has 156 valence electrons. The number of amides is 1. The zero-order chi connectivity index (χ0) is 21.3. The second-order valence-electron chi connectivity index (χ2n) is 7.78. The average Bonchev–Trinajstić information content (AvgIpc) is 3.05. The standard InChI is InChI=1S/C24H24FNO4/c1-30-19-13-9-16(10-14-19)22(27)20-21(15-7-11-17(25)12-8-15)26(24(29)23(20)28)18-5-3-2-4-6-18/h7-14,18,21,27H,2-6H2,1H3/b22-20-. The highest BCUT2D eigenvalue weighted by molar-refractivity contribution is 6.46. The number of methoxy groups -OCH3 is 1. The van der Waals surface area contributed by atoms with Crippen molar-refractivity contribution in [2.75, 3.05) is 7.11 Å². The fourth-order valence-electron chi connectivity index (χ4n) is 4.46. The Kier molecular flexibility index (Phi) is 5.57. The molecule has 2 fully saturated rings. The Morgan fingerprint density at radius 2 is 1.63 bits per heavy atom. The van der Waals surface area contributed by atoms with E-state index in [1.54, 1.807) is 48.4 Å². The number of aliphatic hydroxyl groups excluding tert-OH is 1. The van der Waals surface area contributed by atoms with E-state index in [2.05, 4.69) is 0 Å². The number of Topliss-reactive ketones (excluding diaryl/α,β-unsaturated/α-hetero) is 1. The SMILES string of the molecule is COc1ccc(/C(O)=C2/C(=O)C(=O)N(C3CCCCC3)C2c2ccc(F)cc2)cc1. The van der Waals surface area contributed by atoms with Crippen LogP contribution in [0.3, 0.4) is 0 Å². The number of benzene rings is 2. The third-order valence-electron chi connectivity index (χ3n) is 6.00. The molecule has 6 heteroatoms. The van der Waals surface area contributed by atoms with Crippen molar-refractivity contribution in [3.63, 3.8) is 0 Å². The molecule has 1 saturated carbocycles. The van der Waals surface area contributed by atoms with Crippen LogP contribution in [0.2, 0.25) is 0 Å². The molecule has 0 bridgehead atoms. The smallest absolute Gasteiger partial charge is 0.295 e. The zero-order valence-electron chi connectivity index (χ0n) is 16.8. The Morgan fingerprint density at radius 1 is 1.00 bits per heavy atom. The number of hydrogen-bond acceptors (Lipinski definition) is 4. The number of nitrogens with zero attached hydrogens (tertiary/aromatic N) is 1. The van der Waals surface area contributed by atoms with Crippen molar-refractivity contribution < 1.29 is 23.8 Å². The molecule has 0 aromatic heterocycles. The summed E-state index contributed by atoms with van der Waals surface area (Å²) in [6.45, 7) is 0. The highest BCUT2D eigenvalue weighted by atomic mass is 19.1. The maximum Gasteiger partial charge on any atom is 0.295 e. The van der Waals surface area contributed by atoms with Gasteiger partial charge < -0.3 is 14.7 Å². The van der Waals surface area contributed by atoms with Crippen molar-refractivity contribution in [3.8, 4) is 5.75 Å². The quantitative estimate of drug-likeness (QED) is 0.456. The summed E-state index contributed by atoms with van der Waals surface area (Å²) in [5, 5.41) is 11.0. The molecule has 1 unspecified atom stereocenters. The van der Waals surface area contributed by atoms with Gasteiger partial charge in [-0.2, -0.15) is 0 Å². The molecule has 1 aliphatic carbocycles. The molecule has 1 heterocycles. The summed E-state index contributed by atoms with van der Waals surface area (Å²) < 4.78 is 18.7. The van der Waals surface area contributed by atoms with Crippen LogP contribution in [-0.4, -0.2) is 34.8 Å². The van der Waals surface area contributed by atoms with E-state index in [4.69, 9.17) is 4.74 Å². The van der Waals surface area contributed by atoms with Crippen LogP contribution in [0.15, 0.2) is 54.1 Å². The summed E-state index contributed by atoms with van der Waals surface area (Å²) in [6, 6.07) is 11.6. The average molecular weight is 409 g/mol. The molecule has 1 atom stereocenters. The molecule has 1 aliphatic heterocycles. The predicted molar refractivity (Wildman–Crippen MR) is 110 cm³/mol. The van der Waals surface area contributed by atoms with Crippen LogP contribution in [0, 0.1) is 5.82 Å². The van der Waals surface area contributed by atoms with E-state index in [0.29, 0.717) is 16.9 Å². The van der Waals surface area contributed by atoms with Crippen molar-refractivity contribution in [3.05, 3.63) is 71.0 Å². The number of aliphatic hydroxyl groups is 1. The number of carbonyl (C=O) groups excluding carboxylic acids is 2. The lowest BCUT2D eigenvalue weighted by atomic mass is 9.91. The molecule has 2 aromatic carbocycles. The lowest BCUT2D eigenvalue weighted by molar-refractivity contribution is -0.141. The van der Waals surface area contributed by atoms with Crippen LogP contribution in [0.1, 0.15) is 49.3 Å². The summed E-state index contributed by atoms with van der Waals surface area (Å²) in [5.41, 5.74) is 1.07. The normalized spacial score (nSPS) is 21.8. The van der Waals surface area contributed by atoms with Gasteiger partial charge in [-0.05, 0) is 54.8 Å². The Bertz CT molecular complexity index is 975. The molecule has 1 N–H and O–H groups in total. The molecule has 0 spiro atoms. The van der Waals surface area contributed by atoms with E-state index < -0.39 is 23.5 Å². The molecule has 30 heavy (non-hydrogen) atoms. The van der Waals surface area contributed by atoms with Crippen LogP contribution in [-0.2, 0) is 9.59 Å². The number of ether oxygens (including phenoxy) is 1. The molecule has 5 nitrogen and oxygen atoms in total. The van der Waals surface area contributed by atoms with Crippen LogP contribution < -0.4 is 4.74 Å². The number of hydrogen-bond donors (Lipinski definition) is 1. The Morgan fingerprint density at radius 3 is 2.23 bits per heavy atom. The van der Waals surface area contributed by atoms with Crippen molar-refractivity contribution in [2.45, 2.75) is 44.2 Å². The third kappa shape index (κ3) is 3.58. The third-order valence-corrected chi connectivity index (χ3v) is 6.00. The summed E-state index contributed by atoms with van der Waals surface area (Å²) in [7, 11) is 1.54. The monoisotopic (exact) mass is 409 g/mol. The molecule has 1 amide bonds. The molecule has 2 aromatic rings. The van der Waals surface area contributed by atoms with E-state index in [-0.39, 0.29) is 17.4 Å². The minimum atomic E-state index is -0.740. The molecular weight excluding hydrogens is 385 g/mol. The van der Waals surface area contributed by atoms with Gasteiger partial charge in [0.15, 0.2) is 0 Å². The van der Waals surface area contributed by atoms with Crippen molar-refractivity contribution >= 4 is 17.4 Å². The summed E-state index contributed by atoms with van der Waals surface area (Å²) in [6.07, 6.45) is 4.71. The number of likely N-dealkylation sites (tertiary alicyclic amines) is 1. The molecule has 1 saturated heterocycles. The summed E-state index contributed by atoms with van der Waals surface area (Å²) >= 11 is 0. The van der Waals surface area contributed by atoms with Gasteiger partial charge in [0, 0.05) is 11.6 Å². The lowest BCUT2D eigenvalue weighted by Crippen LogP contribution is -2.40.